The van der Waals surface area contributed by atoms with Crippen LogP contribution < -0.4 is 16.4 Å². The number of nitrogens with two attached hydrogens (primary N) is 1. The second kappa shape index (κ2) is 11.9. The fourth-order valence-corrected chi connectivity index (χ4v) is 3.18. The van der Waals surface area contributed by atoms with Crippen LogP contribution in [0, 0.1) is 26.7 Å². The zero-order valence-corrected chi connectivity index (χ0v) is 18.8. The van der Waals surface area contributed by atoms with Crippen LogP contribution in [0.3, 0.4) is 0 Å². The Morgan fingerprint density at radius 3 is 2.50 bits per heavy atom. The molecule has 0 aliphatic rings. The lowest BCUT2D eigenvalue weighted by Gasteiger charge is -2.11. The summed E-state index contributed by atoms with van der Waals surface area (Å²) in [6.45, 7) is 8.85. The molecule has 0 amide bonds. The van der Waals surface area contributed by atoms with E-state index in [4.69, 9.17) is 5.73 Å². The highest BCUT2D eigenvalue weighted by molar-refractivity contribution is 5.81. The molecule has 0 saturated heterocycles. The van der Waals surface area contributed by atoms with Crippen molar-refractivity contribution < 1.29 is 0 Å². The molecule has 0 atom stereocenters. The Labute approximate surface area is 190 Å². The fraction of sp³-hybridized carbons (Fsp3) is 0.154. The summed E-state index contributed by atoms with van der Waals surface area (Å²) in [6, 6.07) is 16.1. The fourth-order valence-electron chi connectivity index (χ4n) is 3.18. The van der Waals surface area contributed by atoms with Gasteiger partial charge in [-0.3, -0.25) is 0 Å². The van der Waals surface area contributed by atoms with Crippen molar-refractivity contribution in [3.8, 4) is 12.8 Å². The molecule has 6 heteroatoms. The Morgan fingerprint density at radius 2 is 1.84 bits per heavy atom. The summed E-state index contributed by atoms with van der Waals surface area (Å²) in [5.74, 6) is 0.754. The maximum Gasteiger partial charge on any atom is 0.158 e. The second-order valence-corrected chi connectivity index (χ2v) is 7.03. The van der Waals surface area contributed by atoms with Crippen LogP contribution in [0.25, 0.3) is 11.6 Å². The summed E-state index contributed by atoms with van der Waals surface area (Å²) in [7, 11) is 1.95. The first-order valence-electron chi connectivity index (χ1n) is 10.1. The van der Waals surface area contributed by atoms with Crippen LogP contribution in [0.5, 0.6) is 0 Å². The summed E-state index contributed by atoms with van der Waals surface area (Å²) in [5.41, 5.74) is 13.0. The third-order valence-corrected chi connectivity index (χ3v) is 4.82. The molecule has 0 spiro atoms. The van der Waals surface area contributed by atoms with Gasteiger partial charge in [-0.25, -0.2) is 9.50 Å². The van der Waals surface area contributed by atoms with E-state index >= 15 is 0 Å². The molecule has 0 aliphatic carbocycles. The number of nitrogen functional groups attached to an aromatic ring is 1. The average Bonchev–Trinajstić information content (AvgIpc) is 3.15. The Bertz CT molecular complexity index is 1180. The van der Waals surface area contributed by atoms with E-state index in [1.165, 1.54) is 11.9 Å². The smallest absolute Gasteiger partial charge is 0.158 e. The molecule has 6 nitrogen and oxygen atoms in total. The Morgan fingerprint density at radius 1 is 1.12 bits per heavy atom. The summed E-state index contributed by atoms with van der Waals surface area (Å²) >= 11 is 0. The van der Waals surface area contributed by atoms with Gasteiger partial charge in [0.1, 0.15) is 11.8 Å². The van der Waals surface area contributed by atoms with Crippen molar-refractivity contribution in [2.75, 3.05) is 18.1 Å². The van der Waals surface area contributed by atoms with Crippen molar-refractivity contribution in [1.82, 2.24) is 19.9 Å². The van der Waals surface area contributed by atoms with Crippen LogP contribution in [-0.2, 0) is 6.54 Å². The van der Waals surface area contributed by atoms with E-state index < -0.39 is 0 Å². The topological polar surface area (TPSA) is 80.3 Å². The van der Waals surface area contributed by atoms with E-state index in [1.54, 1.807) is 0 Å². The van der Waals surface area contributed by atoms with Crippen molar-refractivity contribution >= 4 is 28.8 Å². The predicted molar refractivity (Wildman–Crippen MR) is 136 cm³/mol. The zero-order valence-electron chi connectivity index (χ0n) is 18.8. The van der Waals surface area contributed by atoms with Gasteiger partial charge >= 0.3 is 0 Å². The van der Waals surface area contributed by atoms with Crippen molar-refractivity contribution in [1.29, 1.82) is 0 Å². The number of fused-ring (bicyclic) bond motifs is 1. The average molecular weight is 427 g/mol. The molecule has 4 rings (SSSR count). The number of anilines is 3. The molecule has 0 saturated carbocycles. The van der Waals surface area contributed by atoms with Gasteiger partial charge in [0.2, 0.25) is 0 Å². The van der Waals surface area contributed by atoms with Gasteiger partial charge in [0.25, 0.3) is 0 Å². The summed E-state index contributed by atoms with van der Waals surface area (Å²) in [5, 5.41) is 10.7. The molecule has 0 unspecified atom stereocenters. The molecule has 4 N–H and O–H groups in total. The van der Waals surface area contributed by atoms with Crippen LogP contribution in [0.4, 0.5) is 17.2 Å². The number of nitrogens with one attached hydrogen (secondary N) is 2. The minimum atomic E-state index is 0.715. The van der Waals surface area contributed by atoms with Gasteiger partial charge in [-0.05, 0) is 55.3 Å². The van der Waals surface area contributed by atoms with E-state index in [-0.39, 0.29) is 0 Å². The van der Waals surface area contributed by atoms with E-state index in [2.05, 4.69) is 52.3 Å². The highest BCUT2D eigenvalue weighted by Gasteiger charge is 2.12. The molecule has 0 fully saturated rings. The molecule has 2 aromatic heterocycles. The number of nitrogens with zero attached hydrogens (tertiary/aromatic N) is 3. The predicted octanol–water partition coefficient (Wildman–Crippen LogP) is 4.97. The number of hydrogen-bond acceptors (Lipinski definition) is 5. The van der Waals surface area contributed by atoms with Gasteiger partial charge in [-0.1, -0.05) is 49.1 Å². The van der Waals surface area contributed by atoms with Crippen LogP contribution in [0.1, 0.15) is 22.3 Å². The lowest BCUT2D eigenvalue weighted by atomic mass is 10.1. The van der Waals surface area contributed by atoms with Gasteiger partial charge in [0, 0.05) is 24.1 Å². The maximum atomic E-state index is 5.86. The van der Waals surface area contributed by atoms with Crippen LogP contribution in [0.15, 0.2) is 67.6 Å². The largest absolute Gasteiger partial charge is 0.399 e. The van der Waals surface area contributed by atoms with Gasteiger partial charge in [0.15, 0.2) is 5.82 Å². The number of aryl methyl sites for hydroxylation is 2. The number of rotatable bonds is 5. The lowest BCUT2D eigenvalue weighted by molar-refractivity contribution is 0.818. The third-order valence-electron chi connectivity index (χ3n) is 4.82. The molecular weight excluding hydrogens is 396 g/mol. The SMILES string of the molecule is C#C.C=Cc1cn2ncnc(Nc3cc(N)ccc3C)c2c1C.CNCc1ccccc1. The van der Waals surface area contributed by atoms with E-state index in [1.807, 2.05) is 74.1 Å². The number of hydrogen-bond donors (Lipinski definition) is 3. The highest BCUT2D eigenvalue weighted by Crippen LogP contribution is 2.27. The van der Waals surface area contributed by atoms with E-state index in [0.717, 1.165) is 40.3 Å². The molecule has 32 heavy (non-hydrogen) atoms. The Hall–Kier alpha value is -4.08. The first-order chi connectivity index (χ1) is 15.5. The zero-order chi connectivity index (χ0) is 23.5. The molecule has 0 aliphatic heterocycles. The molecule has 0 radical (unpaired) electrons. The normalized spacial score (nSPS) is 9.78. The Balaban J connectivity index is 0.000000277. The van der Waals surface area contributed by atoms with Gasteiger partial charge < -0.3 is 16.4 Å². The minimum absolute atomic E-state index is 0.715. The summed E-state index contributed by atoms with van der Waals surface area (Å²) < 4.78 is 1.81. The summed E-state index contributed by atoms with van der Waals surface area (Å²) in [4.78, 5) is 4.36. The van der Waals surface area contributed by atoms with Gasteiger partial charge in [-0.2, -0.15) is 5.10 Å². The van der Waals surface area contributed by atoms with E-state index in [9.17, 15) is 0 Å². The van der Waals surface area contributed by atoms with Crippen LogP contribution in [-0.4, -0.2) is 21.6 Å². The highest BCUT2D eigenvalue weighted by atomic mass is 15.3. The van der Waals surface area contributed by atoms with Gasteiger partial charge in [-0.15, -0.1) is 12.8 Å². The first-order valence-corrected chi connectivity index (χ1v) is 10.1. The molecule has 0 bridgehead atoms. The third kappa shape index (κ3) is 5.97. The lowest BCUT2D eigenvalue weighted by Crippen LogP contribution is -2.04. The molecule has 4 aromatic rings. The molecule has 2 aromatic carbocycles. The van der Waals surface area contributed by atoms with Crippen LogP contribution in [0.2, 0.25) is 0 Å². The molecule has 164 valence electrons. The van der Waals surface area contributed by atoms with Crippen molar-refractivity contribution in [2.45, 2.75) is 20.4 Å². The van der Waals surface area contributed by atoms with Crippen molar-refractivity contribution in [2.24, 2.45) is 0 Å². The van der Waals surface area contributed by atoms with Crippen LogP contribution >= 0.6 is 0 Å². The number of aromatic nitrogens is 3. The van der Waals surface area contributed by atoms with Crippen molar-refractivity contribution in [3.05, 3.63) is 89.9 Å². The monoisotopic (exact) mass is 426 g/mol. The maximum absolute atomic E-state index is 5.86. The quantitative estimate of drug-likeness (QED) is 0.310. The molecule has 2 heterocycles. The summed E-state index contributed by atoms with van der Waals surface area (Å²) in [6.07, 6.45) is 13.3. The second-order valence-electron chi connectivity index (χ2n) is 7.03. The number of terminal acetylenes is 1. The number of benzene rings is 2. The standard InChI is InChI=1S/C16H17N5.C8H11N.C2H2/c1-4-12-8-21-15(11(12)3)16(18-9-19-21)20-14-7-13(17)6-5-10(14)2;1-9-7-8-5-3-2-4-6-8;1-2/h4-9H,1,17H2,2-3H3,(H,18,19,20);2-6,9H,7H2,1H3;1-2H. The first kappa shape index (κ1) is 24.2. The minimum Gasteiger partial charge on any atom is -0.399 e. The van der Waals surface area contributed by atoms with E-state index in [0.29, 0.717) is 5.69 Å². The van der Waals surface area contributed by atoms with Gasteiger partial charge in [0.05, 0.1) is 0 Å². The van der Waals surface area contributed by atoms with Crippen molar-refractivity contribution in [3.63, 3.8) is 0 Å². The Kier molecular flexibility index (Phi) is 9.03. The molecular formula is C26H30N6.